The number of hydrogen-bond donors (Lipinski definition) is 5. The fourth-order valence-corrected chi connectivity index (χ4v) is 6.44. The summed E-state index contributed by atoms with van der Waals surface area (Å²) >= 11 is 1.60. The number of amides is 1. The van der Waals surface area contributed by atoms with Gasteiger partial charge in [-0.15, -0.1) is 11.8 Å². The third-order valence-electron chi connectivity index (χ3n) is 6.29. The number of aliphatic carboxylic acids is 1. The number of carbonyl (C=O) groups excluding carboxylic acids is 1. The van der Waals surface area contributed by atoms with Crippen LogP contribution in [0, 0.1) is 11.8 Å². The highest BCUT2D eigenvalue weighted by Gasteiger charge is 2.60. The summed E-state index contributed by atoms with van der Waals surface area (Å²) in [6.07, 6.45) is 0.203. The number of carboxylic acid groups (broad SMARTS) is 1. The van der Waals surface area contributed by atoms with Crippen LogP contribution in [0.4, 0.5) is 0 Å². The number of rotatable bonds is 5. The summed E-state index contributed by atoms with van der Waals surface area (Å²) < 4.78 is 0. The average Bonchev–Trinajstić information content (AvgIpc) is 3.18. The van der Waals surface area contributed by atoms with Gasteiger partial charge < -0.3 is 31.1 Å². The van der Waals surface area contributed by atoms with E-state index < -0.39 is 18.0 Å². The number of fused-ring (bicyclic) bond motifs is 1. The highest BCUT2D eigenvalue weighted by atomic mass is 32.2. The first kappa shape index (κ1) is 19.2. The Balaban J connectivity index is 1.48. The number of aliphatic hydroxyl groups is 1. The molecule has 7 atom stereocenters. The zero-order valence-corrected chi connectivity index (χ0v) is 16.5. The zero-order valence-electron chi connectivity index (χ0n) is 15.6. The predicted octanol–water partition coefficient (Wildman–Crippen LogP) is -0.835. The topological polar surface area (TPSA) is 114 Å². The van der Waals surface area contributed by atoms with Crippen molar-refractivity contribution in [1.82, 2.24) is 20.9 Å². The van der Waals surface area contributed by atoms with E-state index in [1.54, 1.807) is 18.7 Å². The van der Waals surface area contributed by atoms with Crippen LogP contribution in [-0.2, 0) is 9.59 Å². The maximum Gasteiger partial charge on any atom is 0.353 e. The SMILES string of the molecule is C[C@@H](O)C1C(=O)N2C(C(=O)O)=C(S[C@@H]3CN[C@H](C4CNCCN4)C3)[C@H](C)[C@@H]12. The maximum absolute atomic E-state index is 12.4. The third-order valence-corrected chi connectivity index (χ3v) is 7.80. The van der Waals surface area contributed by atoms with E-state index in [-0.39, 0.29) is 28.8 Å². The van der Waals surface area contributed by atoms with Gasteiger partial charge in [-0.2, -0.15) is 0 Å². The molecule has 3 saturated heterocycles. The Bertz CT molecular complexity index is 664. The van der Waals surface area contributed by atoms with Gasteiger partial charge in [-0.05, 0) is 13.3 Å². The smallest absolute Gasteiger partial charge is 0.353 e. The molecule has 0 aromatic carbocycles. The van der Waals surface area contributed by atoms with Gasteiger partial charge in [-0.1, -0.05) is 6.92 Å². The van der Waals surface area contributed by atoms with Crippen molar-refractivity contribution in [2.75, 3.05) is 26.2 Å². The molecule has 0 aromatic rings. The summed E-state index contributed by atoms with van der Waals surface area (Å²) in [5.41, 5.74) is 0.125. The summed E-state index contributed by atoms with van der Waals surface area (Å²) in [5.74, 6) is -1.88. The summed E-state index contributed by atoms with van der Waals surface area (Å²) in [4.78, 5) is 26.5. The monoisotopic (exact) mass is 396 g/mol. The molecule has 150 valence electrons. The Morgan fingerprint density at radius 3 is 2.67 bits per heavy atom. The first-order valence-electron chi connectivity index (χ1n) is 9.73. The molecular weight excluding hydrogens is 368 g/mol. The fraction of sp³-hybridized carbons (Fsp3) is 0.778. The molecule has 9 heteroatoms. The standard InChI is InChI=1S/C18H28N4O4S/c1-8-14-13(9(2)23)17(24)22(14)15(18(25)26)16(8)27-10-5-11(21-6-10)12-7-19-3-4-20-12/h8-14,19-21,23H,3-7H2,1-2H3,(H,25,26)/t8-,9-,10+,11+,12?,13?,14+/m1/s1. The average molecular weight is 397 g/mol. The molecule has 1 amide bonds. The highest BCUT2D eigenvalue weighted by molar-refractivity contribution is 8.03. The number of β-lactam (4-membered cyclic amide) rings is 1. The van der Waals surface area contributed by atoms with Crippen LogP contribution >= 0.6 is 11.8 Å². The first-order chi connectivity index (χ1) is 12.9. The van der Waals surface area contributed by atoms with Crippen molar-refractivity contribution in [2.24, 2.45) is 11.8 Å². The largest absolute Gasteiger partial charge is 0.477 e. The van der Waals surface area contributed by atoms with E-state index in [0.29, 0.717) is 12.1 Å². The molecule has 5 N–H and O–H groups in total. The summed E-state index contributed by atoms with van der Waals surface area (Å²) in [6, 6.07) is 0.518. The highest BCUT2D eigenvalue weighted by Crippen LogP contribution is 2.51. The van der Waals surface area contributed by atoms with Crippen molar-refractivity contribution in [2.45, 2.75) is 49.7 Å². The van der Waals surface area contributed by atoms with Crippen LogP contribution in [-0.4, -0.2) is 82.6 Å². The van der Waals surface area contributed by atoms with Crippen LogP contribution in [0.1, 0.15) is 20.3 Å². The minimum absolute atomic E-state index is 0.0630. The maximum atomic E-state index is 12.4. The fourth-order valence-electron chi connectivity index (χ4n) is 4.95. The molecule has 0 aliphatic carbocycles. The van der Waals surface area contributed by atoms with Gasteiger partial charge in [0, 0.05) is 54.3 Å². The number of hydrogen-bond acceptors (Lipinski definition) is 7. The van der Waals surface area contributed by atoms with Gasteiger partial charge in [-0.3, -0.25) is 4.79 Å². The molecule has 0 radical (unpaired) electrons. The van der Waals surface area contributed by atoms with Crippen molar-refractivity contribution in [3.05, 3.63) is 10.6 Å². The Kier molecular flexibility index (Phi) is 5.24. The Labute approximate surface area is 163 Å². The Morgan fingerprint density at radius 2 is 2.04 bits per heavy atom. The third kappa shape index (κ3) is 3.19. The van der Waals surface area contributed by atoms with Gasteiger partial charge in [0.05, 0.1) is 18.1 Å². The lowest BCUT2D eigenvalue weighted by Crippen LogP contribution is -2.63. The van der Waals surface area contributed by atoms with Crippen LogP contribution in [0.25, 0.3) is 0 Å². The van der Waals surface area contributed by atoms with Crippen molar-refractivity contribution in [3.8, 4) is 0 Å². The molecule has 2 unspecified atom stereocenters. The van der Waals surface area contributed by atoms with Crippen LogP contribution < -0.4 is 16.0 Å². The molecular formula is C18H28N4O4S. The summed E-state index contributed by atoms with van der Waals surface area (Å²) in [6.45, 7) is 7.30. The summed E-state index contributed by atoms with van der Waals surface area (Å²) in [7, 11) is 0. The minimum atomic E-state index is -1.05. The van der Waals surface area contributed by atoms with Crippen LogP contribution in [0.2, 0.25) is 0 Å². The van der Waals surface area contributed by atoms with Gasteiger partial charge in [-0.25, -0.2) is 4.79 Å². The van der Waals surface area contributed by atoms with E-state index in [1.807, 2.05) is 6.92 Å². The van der Waals surface area contributed by atoms with E-state index in [0.717, 1.165) is 37.5 Å². The van der Waals surface area contributed by atoms with Crippen molar-refractivity contribution in [1.29, 1.82) is 0 Å². The van der Waals surface area contributed by atoms with Gasteiger partial charge in [0.1, 0.15) is 5.70 Å². The Hall–Kier alpha value is -1.13. The lowest BCUT2D eigenvalue weighted by Gasteiger charge is -2.46. The lowest BCUT2D eigenvalue weighted by molar-refractivity contribution is -0.163. The van der Waals surface area contributed by atoms with E-state index in [9.17, 15) is 19.8 Å². The second-order valence-electron chi connectivity index (χ2n) is 8.03. The van der Waals surface area contributed by atoms with E-state index in [4.69, 9.17) is 0 Å². The number of piperazine rings is 1. The molecule has 0 spiro atoms. The number of nitrogens with one attached hydrogen (secondary N) is 3. The molecule has 8 nitrogen and oxygen atoms in total. The van der Waals surface area contributed by atoms with Gasteiger partial charge in [0.25, 0.3) is 0 Å². The predicted molar refractivity (Wildman–Crippen MR) is 102 cm³/mol. The van der Waals surface area contributed by atoms with E-state index in [1.165, 1.54) is 4.90 Å². The number of aliphatic hydroxyl groups excluding tert-OH is 1. The van der Waals surface area contributed by atoms with Crippen LogP contribution in [0.5, 0.6) is 0 Å². The normalized spacial score (nSPS) is 40.1. The number of carboxylic acids is 1. The first-order valence-corrected chi connectivity index (χ1v) is 10.6. The van der Waals surface area contributed by atoms with E-state index >= 15 is 0 Å². The molecule has 0 bridgehead atoms. The molecule has 4 aliphatic rings. The molecule has 0 aromatic heterocycles. The molecule has 3 fully saturated rings. The molecule has 27 heavy (non-hydrogen) atoms. The summed E-state index contributed by atoms with van der Waals surface area (Å²) in [5, 5.41) is 30.5. The van der Waals surface area contributed by atoms with Crippen molar-refractivity contribution in [3.63, 3.8) is 0 Å². The molecule has 4 aliphatic heterocycles. The Morgan fingerprint density at radius 1 is 1.26 bits per heavy atom. The second kappa shape index (κ2) is 7.36. The van der Waals surface area contributed by atoms with Gasteiger partial charge in [0.15, 0.2) is 0 Å². The minimum Gasteiger partial charge on any atom is -0.477 e. The molecule has 0 saturated carbocycles. The van der Waals surface area contributed by atoms with Gasteiger partial charge in [0.2, 0.25) is 5.91 Å². The van der Waals surface area contributed by atoms with Crippen LogP contribution in [0.15, 0.2) is 10.6 Å². The number of carbonyl (C=O) groups is 2. The zero-order chi connectivity index (χ0) is 19.3. The molecule has 4 rings (SSSR count). The quantitative estimate of drug-likeness (QED) is 0.383. The number of nitrogens with zero attached hydrogens (tertiary/aromatic N) is 1. The van der Waals surface area contributed by atoms with Crippen LogP contribution in [0.3, 0.4) is 0 Å². The second-order valence-corrected chi connectivity index (χ2v) is 9.37. The van der Waals surface area contributed by atoms with Crippen molar-refractivity contribution >= 4 is 23.6 Å². The molecule has 4 heterocycles. The van der Waals surface area contributed by atoms with E-state index in [2.05, 4.69) is 16.0 Å². The lowest BCUT2D eigenvalue weighted by atomic mass is 9.79. The van der Waals surface area contributed by atoms with Crippen molar-refractivity contribution < 1.29 is 19.8 Å². The van der Waals surface area contributed by atoms with Gasteiger partial charge >= 0.3 is 5.97 Å². The number of thioether (sulfide) groups is 1.